The van der Waals surface area contributed by atoms with Gasteiger partial charge in [-0.1, -0.05) is 6.08 Å². The van der Waals surface area contributed by atoms with Gasteiger partial charge in [0.1, 0.15) is 6.07 Å². The number of hydrogen-bond acceptors (Lipinski definition) is 5. The van der Waals surface area contributed by atoms with Gasteiger partial charge in [-0.2, -0.15) is 5.26 Å². The molecule has 0 aliphatic heterocycles. The summed E-state index contributed by atoms with van der Waals surface area (Å²) >= 11 is 1.54. The minimum absolute atomic E-state index is 0.255. The van der Waals surface area contributed by atoms with Crippen molar-refractivity contribution in [3.63, 3.8) is 0 Å². The fourth-order valence-electron chi connectivity index (χ4n) is 1.48. The summed E-state index contributed by atoms with van der Waals surface area (Å²) < 4.78 is 4.64. The number of nitriles is 1. The second kappa shape index (κ2) is 8.08. The lowest BCUT2D eigenvalue weighted by atomic mass is 10.2. The predicted molar refractivity (Wildman–Crippen MR) is 80.9 cm³/mol. The summed E-state index contributed by atoms with van der Waals surface area (Å²) in [6.45, 7) is 3.81. The van der Waals surface area contributed by atoms with Crippen LogP contribution in [0.3, 0.4) is 0 Å². The molecule has 1 aromatic heterocycles. The molecule has 4 nitrogen and oxygen atoms in total. The van der Waals surface area contributed by atoms with Gasteiger partial charge in [0, 0.05) is 27.7 Å². The van der Waals surface area contributed by atoms with Crippen molar-refractivity contribution in [3.8, 4) is 6.07 Å². The summed E-state index contributed by atoms with van der Waals surface area (Å²) in [6, 6.07) is 3.96. The van der Waals surface area contributed by atoms with Gasteiger partial charge in [0.2, 0.25) is 0 Å². The van der Waals surface area contributed by atoms with Crippen molar-refractivity contribution in [2.24, 2.45) is 4.99 Å². The maximum Gasteiger partial charge on any atom is 0.310 e. The van der Waals surface area contributed by atoms with Crippen LogP contribution in [0.15, 0.2) is 35.0 Å². The van der Waals surface area contributed by atoms with E-state index in [1.807, 2.05) is 26.0 Å². The molecule has 0 unspecified atom stereocenters. The molecule has 0 saturated heterocycles. The van der Waals surface area contributed by atoms with Gasteiger partial charge in [-0.05, 0) is 26.0 Å². The van der Waals surface area contributed by atoms with Gasteiger partial charge in [-0.15, -0.1) is 11.3 Å². The Kier molecular flexibility index (Phi) is 6.41. The Bertz CT molecular complexity index is 604. The average Bonchev–Trinajstić information content (AvgIpc) is 2.77. The lowest BCUT2D eigenvalue weighted by Gasteiger charge is -1.93. The number of thiophene rings is 1. The third-order valence-corrected chi connectivity index (χ3v) is 3.52. The second-order valence-corrected chi connectivity index (χ2v) is 5.29. The van der Waals surface area contributed by atoms with Gasteiger partial charge < -0.3 is 4.74 Å². The molecule has 104 valence electrons. The minimum Gasteiger partial charge on any atom is -0.469 e. The normalized spacial score (nSPS) is 12.0. The molecule has 0 atom stereocenters. The minimum atomic E-state index is -0.255. The van der Waals surface area contributed by atoms with Crippen LogP contribution in [0.2, 0.25) is 0 Å². The summed E-state index contributed by atoms with van der Waals surface area (Å²) in [5.74, 6) is -0.255. The van der Waals surface area contributed by atoms with Crippen LogP contribution in [-0.4, -0.2) is 19.3 Å². The molecule has 0 N–H and O–H groups in total. The predicted octanol–water partition coefficient (Wildman–Crippen LogP) is 3.17. The van der Waals surface area contributed by atoms with E-state index in [2.05, 4.69) is 9.73 Å². The summed E-state index contributed by atoms with van der Waals surface area (Å²) in [5, 5.41) is 8.85. The van der Waals surface area contributed by atoms with E-state index in [4.69, 9.17) is 5.26 Å². The van der Waals surface area contributed by atoms with Crippen LogP contribution in [0.4, 0.5) is 0 Å². The molecule has 0 aromatic carbocycles. The number of methoxy groups -OCH3 is 1. The van der Waals surface area contributed by atoms with Crippen LogP contribution >= 0.6 is 11.3 Å². The SMILES string of the molecule is C\C=C/C(C#N)=C\N=C/c1cc(CC(=O)OC)sc1C. The van der Waals surface area contributed by atoms with Gasteiger partial charge in [0.25, 0.3) is 0 Å². The molecule has 0 saturated carbocycles. The van der Waals surface area contributed by atoms with E-state index in [1.54, 1.807) is 29.7 Å². The van der Waals surface area contributed by atoms with Crippen LogP contribution in [0.25, 0.3) is 0 Å². The molecular formula is C15H16N2O2S. The maximum absolute atomic E-state index is 11.2. The van der Waals surface area contributed by atoms with Crippen LogP contribution in [0.1, 0.15) is 22.2 Å². The Morgan fingerprint density at radius 3 is 2.95 bits per heavy atom. The monoisotopic (exact) mass is 288 g/mol. The second-order valence-electron chi connectivity index (χ2n) is 3.95. The van der Waals surface area contributed by atoms with Gasteiger partial charge in [0.15, 0.2) is 0 Å². The standard InChI is InChI=1S/C15H16N2O2S/c1-4-5-12(8-16)9-17-10-13-6-14(20-11(13)2)7-15(18)19-3/h4-6,9-10H,7H2,1-3H3/b5-4-,12-9+,17-10-. The Hall–Kier alpha value is -2.19. The third-order valence-electron chi connectivity index (χ3n) is 2.46. The molecular weight excluding hydrogens is 272 g/mol. The number of hydrogen-bond donors (Lipinski definition) is 0. The number of carbonyl (C=O) groups excluding carboxylic acids is 1. The van der Waals surface area contributed by atoms with Gasteiger partial charge in [-0.25, -0.2) is 0 Å². The van der Waals surface area contributed by atoms with Crippen LogP contribution in [0.5, 0.6) is 0 Å². The zero-order valence-electron chi connectivity index (χ0n) is 11.7. The fraction of sp³-hybridized carbons (Fsp3) is 0.267. The van der Waals surface area contributed by atoms with Crippen LogP contribution < -0.4 is 0 Å². The first kappa shape index (κ1) is 15.9. The van der Waals surface area contributed by atoms with E-state index < -0.39 is 0 Å². The van der Waals surface area contributed by atoms with Crippen molar-refractivity contribution < 1.29 is 9.53 Å². The van der Waals surface area contributed by atoms with Crippen molar-refractivity contribution in [2.75, 3.05) is 7.11 Å². The number of esters is 1. The molecule has 5 heteroatoms. The highest BCUT2D eigenvalue weighted by Crippen LogP contribution is 2.21. The maximum atomic E-state index is 11.2. The van der Waals surface area contributed by atoms with Gasteiger partial charge in [0.05, 0.1) is 19.1 Å². The van der Waals surface area contributed by atoms with Crippen molar-refractivity contribution in [2.45, 2.75) is 20.3 Å². The van der Waals surface area contributed by atoms with Crippen molar-refractivity contribution in [1.29, 1.82) is 5.26 Å². The van der Waals surface area contributed by atoms with Crippen molar-refractivity contribution in [3.05, 3.63) is 45.3 Å². The van der Waals surface area contributed by atoms with Crippen LogP contribution in [0, 0.1) is 18.3 Å². The van der Waals surface area contributed by atoms with Gasteiger partial charge in [-0.3, -0.25) is 9.79 Å². The highest BCUT2D eigenvalue weighted by atomic mass is 32.1. The van der Waals surface area contributed by atoms with Crippen molar-refractivity contribution in [1.82, 2.24) is 0 Å². The first-order valence-corrected chi connectivity index (χ1v) is 6.84. The van der Waals surface area contributed by atoms with E-state index in [0.29, 0.717) is 5.57 Å². The van der Waals surface area contributed by atoms with Gasteiger partial charge >= 0.3 is 5.97 Å². The molecule has 0 aliphatic rings. The Morgan fingerprint density at radius 2 is 2.35 bits per heavy atom. The Balaban J connectivity index is 2.83. The molecule has 1 heterocycles. The Labute approximate surface area is 122 Å². The van der Waals surface area contributed by atoms with Crippen molar-refractivity contribution >= 4 is 23.5 Å². The lowest BCUT2D eigenvalue weighted by Crippen LogP contribution is -2.02. The van der Waals surface area contributed by atoms with E-state index in [9.17, 15) is 4.79 Å². The number of rotatable bonds is 5. The van der Waals surface area contributed by atoms with E-state index >= 15 is 0 Å². The van der Waals surface area contributed by atoms with E-state index in [0.717, 1.165) is 15.3 Å². The summed E-state index contributed by atoms with van der Waals surface area (Å²) in [4.78, 5) is 17.4. The molecule has 0 amide bonds. The number of aryl methyl sites for hydroxylation is 1. The molecule has 0 bridgehead atoms. The lowest BCUT2D eigenvalue weighted by molar-refractivity contribution is -0.139. The third kappa shape index (κ3) is 4.82. The number of aliphatic imine (C=N–C) groups is 1. The molecule has 1 rings (SSSR count). The summed E-state index contributed by atoms with van der Waals surface area (Å²) in [7, 11) is 1.38. The molecule has 0 radical (unpaired) electrons. The largest absolute Gasteiger partial charge is 0.469 e. The molecule has 20 heavy (non-hydrogen) atoms. The quantitative estimate of drug-likeness (QED) is 0.362. The van der Waals surface area contributed by atoms with Crippen LogP contribution in [-0.2, 0) is 16.0 Å². The first-order chi connectivity index (χ1) is 9.60. The first-order valence-electron chi connectivity index (χ1n) is 6.03. The zero-order valence-corrected chi connectivity index (χ0v) is 12.5. The highest BCUT2D eigenvalue weighted by Gasteiger charge is 2.08. The zero-order chi connectivity index (χ0) is 15.0. The molecule has 1 aromatic rings. The molecule has 0 aliphatic carbocycles. The molecule has 0 spiro atoms. The smallest absolute Gasteiger partial charge is 0.310 e. The number of carbonyl (C=O) groups is 1. The van der Waals surface area contributed by atoms with E-state index in [1.165, 1.54) is 13.3 Å². The van der Waals surface area contributed by atoms with E-state index in [-0.39, 0.29) is 12.4 Å². The Morgan fingerprint density at radius 1 is 1.60 bits per heavy atom. The number of allylic oxidation sites excluding steroid dienone is 3. The molecule has 0 fully saturated rings. The number of ether oxygens (including phenoxy) is 1. The fourth-order valence-corrected chi connectivity index (χ4v) is 2.48. The topological polar surface area (TPSA) is 62.5 Å². The summed E-state index contributed by atoms with van der Waals surface area (Å²) in [6.07, 6.45) is 6.95. The summed E-state index contributed by atoms with van der Waals surface area (Å²) in [5.41, 5.74) is 1.44. The highest BCUT2D eigenvalue weighted by molar-refractivity contribution is 7.12. The number of nitrogens with zero attached hydrogens (tertiary/aromatic N) is 2. The average molecular weight is 288 g/mol.